The van der Waals surface area contributed by atoms with E-state index in [-0.39, 0.29) is 12.2 Å². The first-order chi connectivity index (χ1) is 14.0. The van der Waals surface area contributed by atoms with Crippen molar-refractivity contribution in [2.75, 3.05) is 18.9 Å². The van der Waals surface area contributed by atoms with Crippen LogP contribution in [-0.2, 0) is 30.5 Å². The minimum atomic E-state index is -0.565. The summed E-state index contributed by atoms with van der Waals surface area (Å²) in [4.78, 5) is 26.4. The maximum absolute atomic E-state index is 12.4. The topological polar surface area (TPSA) is 152 Å². The van der Waals surface area contributed by atoms with Gasteiger partial charge in [0.15, 0.2) is 0 Å². The first-order valence-corrected chi connectivity index (χ1v) is 9.45. The van der Waals surface area contributed by atoms with Crippen molar-refractivity contribution in [3.63, 3.8) is 0 Å². The van der Waals surface area contributed by atoms with Crippen LogP contribution >= 0.6 is 0 Å². The van der Waals surface area contributed by atoms with E-state index in [0.29, 0.717) is 11.5 Å². The number of fused-ring (bicyclic) bond motifs is 2. The van der Waals surface area contributed by atoms with Crippen LogP contribution in [0, 0.1) is 0 Å². The molecule has 158 valence electrons. The lowest BCUT2D eigenvalue weighted by Crippen LogP contribution is -2.42. The van der Waals surface area contributed by atoms with Gasteiger partial charge in [0.2, 0.25) is 0 Å². The third-order valence-electron chi connectivity index (χ3n) is 4.74. The maximum atomic E-state index is 12.4. The number of carbonyl (C=O) groups is 2. The van der Waals surface area contributed by atoms with Crippen LogP contribution in [-0.4, -0.2) is 47.7 Å². The quantitative estimate of drug-likeness (QED) is 0.235. The van der Waals surface area contributed by atoms with Gasteiger partial charge in [-0.1, -0.05) is 6.07 Å². The van der Waals surface area contributed by atoms with Crippen molar-refractivity contribution in [1.29, 1.82) is 0 Å². The monoisotopic (exact) mass is 404 g/mol. The molecule has 0 bridgehead atoms. The summed E-state index contributed by atoms with van der Waals surface area (Å²) in [6.07, 6.45) is 9.06. The largest absolute Gasteiger partial charge is 0.403 e. The zero-order chi connectivity index (χ0) is 21.2. The molecule has 7 N–H and O–H groups in total. The second-order valence-electron chi connectivity index (χ2n) is 6.59. The number of hydrazine groups is 1. The van der Waals surface area contributed by atoms with Crippen molar-refractivity contribution in [1.82, 2.24) is 16.1 Å². The van der Waals surface area contributed by atoms with Gasteiger partial charge in [-0.3, -0.25) is 10.2 Å². The van der Waals surface area contributed by atoms with Crippen molar-refractivity contribution < 1.29 is 20.0 Å². The second-order valence-corrected chi connectivity index (χ2v) is 6.59. The van der Waals surface area contributed by atoms with Gasteiger partial charge < -0.3 is 21.1 Å². The van der Waals surface area contributed by atoms with Crippen molar-refractivity contribution in [3.05, 3.63) is 40.2 Å². The SMILES string of the molecule is CNO.N/C=C(\C=NCC=O)N(O)NC(=O)Nc1c2c(cc3c1CCC3)CCC2. The Kier molecular flexibility index (Phi) is 8.59. The number of rotatable bonds is 6. The molecule has 0 unspecified atom stereocenters. The van der Waals surface area contributed by atoms with Crippen LogP contribution in [0.4, 0.5) is 10.5 Å². The highest BCUT2D eigenvalue weighted by Gasteiger charge is 2.25. The fourth-order valence-corrected chi connectivity index (χ4v) is 3.63. The summed E-state index contributed by atoms with van der Waals surface area (Å²) in [5.74, 6) is 0. The van der Waals surface area contributed by atoms with E-state index < -0.39 is 6.03 Å². The third-order valence-corrected chi connectivity index (χ3v) is 4.74. The van der Waals surface area contributed by atoms with Crippen LogP contribution < -0.4 is 22.0 Å². The highest BCUT2D eigenvalue weighted by Crippen LogP contribution is 2.38. The first-order valence-electron chi connectivity index (χ1n) is 9.45. The van der Waals surface area contributed by atoms with E-state index in [1.807, 2.05) is 0 Å². The Morgan fingerprint density at radius 2 is 1.83 bits per heavy atom. The van der Waals surface area contributed by atoms with E-state index >= 15 is 0 Å². The smallest absolute Gasteiger partial charge is 0.339 e. The van der Waals surface area contributed by atoms with E-state index in [9.17, 15) is 14.8 Å². The Morgan fingerprint density at radius 3 is 2.34 bits per heavy atom. The molecule has 10 nitrogen and oxygen atoms in total. The number of allylic oxidation sites excluding steroid dienone is 1. The number of amides is 2. The molecule has 0 spiro atoms. The molecule has 2 aliphatic carbocycles. The fourth-order valence-electron chi connectivity index (χ4n) is 3.63. The first kappa shape index (κ1) is 22.3. The van der Waals surface area contributed by atoms with Crippen LogP contribution in [0.2, 0.25) is 0 Å². The molecule has 2 aliphatic rings. The van der Waals surface area contributed by atoms with Gasteiger partial charge in [-0.05, 0) is 60.8 Å². The molecule has 10 heteroatoms. The highest BCUT2D eigenvalue weighted by atomic mass is 16.5. The molecule has 0 heterocycles. The lowest BCUT2D eigenvalue weighted by Gasteiger charge is -2.20. The van der Waals surface area contributed by atoms with E-state index in [0.717, 1.165) is 50.4 Å². The lowest BCUT2D eigenvalue weighted by molar-refractivity contribution is -0.106. The summed E-state index contributed by atoms with van der Waals surface area (Å²) in [6.45, 7) is -0.0559. The van der Waals surface area contributed by atoms with Crippen molar-refractivity contribution in [2.24, 2.45) is 10.7 Å². The van der Waals surface area contributed by atoms with Crippen LogP contribution in [0.3, 0.4) is 0 Å². The number of hydrogen-bond acceptors (Lipinski definition) is 8. The number of anilines is 1. The van der Waals surface area contributed by atoms with Gasteiger partial charge in [0.25, 0.3) is 0 Å². The van der Waals surface area contributed by atoms with Crippen LogP contribution in [0.1, 0.15) is 35.1 Å². The molecule has 29 heavy (non-hydrogen) atoms. The summed E-state index contributed by atoms with van der Waals surface area (Å²) in [5.41, 5.74) is 15.4. The van der Waals surface area contributed by atoms with Crippen LogP contribution in [0.5, 0.6) is 0 Å². The van der Waals surface area contributed by atoms with Crippen LogP contribution in [0.25, 0.3) is 0 Å². The molecule has 3 rings (SSSR count). The zero-order valence-electron chi connectivity index (χ0n) is 16.4. The molecular formula is C19H28N6O4. The van der Waals surface area contributed by atoms with Gasteiger partial charge in [0.1, 0.15) is 12.0 Å². The molecule has 0 fully saturated rings. The van der Waals surface area contributed by atoms with Gasteiger partial charge >= 0.3 is 6.03 Å². The minimum absolute atomic E-state index is 0.0468. The number of carbonyl (C=O) groups excluding carboxylic acids is 2. The molecule has 0 saturated heterocycles. The number of aldehydes is 1. The Bertz CT molecular complexity index is 761. The van der Waals surface area contributed by atoms with Gasteiger partial charge in [-0.25, -0.2) is 15.7 Å². The Labute approximate surface area is 169 Å². The van der Waals surface area contributed by atoms with Crippen molar-refractivity contribution in [2.45, 2.75) is 38.5 Å². The number of nitrogens with two attached hydrogens (primary N) is 1. The number of nitrogens with one attached hydrogen (secondary N) is 3. The summed E-state index contributed by atoms with van der Waals surface area (Å²) >= 11 is 0. The summed E-state index contributed by atoms with van der Waals surface area (Å²) < 4.78 is 0. The molecule has 1 aromatic rings. The Balaban J connectivity index is 0.000000941. The Hall–Kier alpha value is -2.95. The standard InChI is InChI=1S/C18H23N5O3.CH5NO/c19-10-14(11-20-7-8-24)23(26)22-18(25)21-17-15-5-1-3-12(15)9-13-4-2-6-16(13)17;1-2-3/h8-11,26H,1-7,19H2,(H2,21,22,25);2-3H,1H3/b14-10+,20-11?;. The average Bonchev–Trinajstić information content (AvgIpc) is 3.34. The van der Waals surface area contributed by atoms with E-state index in [1.54, 1.807) is 5.48 Å². The van der Waals surface area contributed by atoms with E-state index in [1.165, 1.54) is 35.5 Å². The summed E-state index contributed by atoms with van der Waals surface area (Å²) in [7, 11) is 1.43. The van der Waals surface area contributed by atoms with Crippen LogP contribution in [0.15, 0.2) is 23.0 Å². The van der Waals surface area contributed by atoms with Gasteiger partial charge in [-0.2, -0.15) is 5.17 Å². The molecule has 1 aromatic carbocycles. The van der Waals surface area contributed by atoms with Gasteiger partial charge in [0, 0.05) is 18.9 Å². The fraction of sp³-hybridized carbons (Fsp3) is 0.421. The number of hydroxylamine groups is 2. The number of urea groups is 1. The Morgan fingerprint density at radius 1 is 1.24 bits per heavy atom. The third kappa shape index (κ3) is 5.76. The minimum Gasteiger partial charge on any atom is -0.403 e. The van der Waals surface area contributed by atoms with Gasteiger partial charge in [0.05, 0.1) is 12.8 Å². The van der Waals surface area contributed by atoms with E-state index in [2.05, 4.69) is 21.8 Å². The zero-order valence-corrected chi connectivity index (χ0v) is 16.4. The average molecular weight is 404 g/mol. The highest BCUT2D eigenvalue weighted by molar-refractivity contribution is 5.92. The molecule has 0 atom stereocenters. The normalized spacial score (nSPS) is 14.7. The summed E-state index contributed by atoms with van der Waals surface area (Å²) in [5, 5.41) is 20.7. The van der Waals surface area contributed by atoms with Crippen molar-refractivity contribution >= 4 is 24.2 Å². The van der Waals surface area contributed by atoms with E-state index in [4.69, 9.17) is 10.9 Å². The molecule has 0 radical (unpaired) electrons. The summed E-state index contributed by atoms with van der Waals surface area (Å²) in [6, 6.07) is 1.72. The predicted octanol–water partition coefficient (Wildman–Crippen LogP) is 1.06. The van der Waals surface area contributed by atoms with Gasteiger partial charge in [-0.15, -0.1) is 0 Å². The lowest BCUT2D eigenvalue weighted by atomic mass is 9.99. The number of nitrogens with zero attached hydrogens (tertiary/aromatic N) is 2. The molecule has 2 amide bonds. The number of benzene rings is 1. The number of hydrogen-bond donors (Lipinski definition) is 6. The molecular weight excluding hydrogens is 376 g/mol. The molecule has 0 saturated carbocycles. The second kappa shape index (κ2) is 11.1. The predicted molar refractivity (Wildman–Crippen MR) is 109 cm³/mol. The van der Waals surface area contributed by atoms with Crippen molar-refractivity contribution in [3.8, 4) is 0 Å². The maximum Gasteiger partial charge on any atom is 0.339 e. The molecule has 0 aromatic heterocycles. The number of aliphatic imine (C=N–C) groups is 1. The molecule has 0 aliphatic heterocycles. The number of aryl methyl sites for hydroxylation is 2.